The molecular formula is C23H34NO5S+. The zero-order valence-electron chi connectivity index (χ0n) is 18.5. The molecule has 1 heterocycles. The Morgan fingerprint density at radius 3 is 2.33 bits per heavy atom. The fraction of sp³-hybridized carbons (Fsp3) is 0.609. The van der Waals surface area contributed by atoms with Gasteiger partial charge in [-0.15, -0.1) is 3.89 Å². The van der Waals surface area contributed by atoms with Crippen molar-refractivity contribution < 1.29 is 26.9 Å². The van der Waals surface area contributed by atoms with Crippen molar-refractivity contribution >= 4 is 16.1 Å². The number of rotatable bonds is 5. The van der Waals surface area contributed by atoms with Crippen LogP contribution < -0.4 is 0 Å². The first-order valence-electron chi connectivity index (χ1n) is 10.7. The predicted octanol–water partition coefficient (Wildman–Crippen LogP) is 4.43. The highest BCUT2D eigenvalue weighted by Crippen LogP contribution is 2.53. The van der Waals surface area contributed by atoms with Crippen LogP contribution >= 0.6 is 0 Å². The topological polar surface area (TPSA) is 80.7 Å². The zero-order chi connectivity index (χ0) is 22.3. The Hall–Kier alpha value is -1.70. The quantitative estimate of drug-likeness (QED) is 0.546. The third-order valence-corrected chi connectivity index (χ3v) is 10.0. The van der Waals surface area contributed by atoms with Crippen LogP contribution in [0.3, 0.4) is 0 Å². The lowest BCUT2D eigenvalue weighted by Crippen LogP contribution is -2.67. The fourth-order valence-electron chi connectivity index (χ4n) is 5.77. The number of fused-ring (bicyclic) bond motifs is 1. The summed E-state index contributed by atoms with van der Waals surface area (Å²) in [6.07, 6.45) is 3.27. The number of ether oxygens (including phenoxy) is 1. The first-order chi connectivity index (χ1) is 14.0. The van der Waals surface area contributed by atoms with Gasteiger partial charge in [-0.3, -0.25) is 0 Å². The Kier molecular flexibility index (Phi) is 6.20. The predicted molar refractivity (Wildman–Crippen MR) is 116 cm³/mol. The first-order valence-corrected chi connectivity index (χ1v) is 12.2. The molecule has 1 aliphatic carbocycles. The number of amides is 1. The van der Waals surface area contributed by atoms with E-state index in [1.807, 2.05) is 36.4 Å². The van der Waals surface area contributed by atoms with E-state index >= 15 is 0 Å². The lowest BCUT2D eigenvalue weighted by atomic mass is 9.71. The van der Waals surface area contributed by atoms with Crippen molar-refractivity contribution in [1.29, 1.82) is 0 Å². The first kappa shape index (κ1) is 23.0. The average molecular weight is 437 g/mol. The maximum Gasteiger partial charge on any atom is 0.529 e. The SMILES string of the molecule is CC[C@@H]1C=C[C@H]2[C@H]([C@H]1COCc1ccccc1)[C@@H](C)[N+](C(=O)O)(C(C)(C)C)S2(=O)=O. The van der Waals surface area contributed by atoms with Gasteiger partial charge < -0.3 is 9.84 Å². The molecule has 1 aromatic carbocycles. The van der Waals surface area contributed by atoms with Crippen LogP contribution in [0.2, 0.25) is 0 Å². The number of hydrogen-bond acceptors (Lipinski definition) is 4. The van der Waals surface area contributed by atoms with Gasteiger partial charge in [0.15, 0.2) is 0 Å². The summed E-state index contributed by atoms with van der Waals surface area (Å²) in [6.45, 7) is 9.84. The molecule has 3 rings (SSSR count). The number of allylic oxidation sites excluding steroid dienone is 1. The number of hydrogen-bond donors (Lipinski definition) is 1. The smallest absolute Gasteiger partial charge is 0.435 e. The van der Waals surface area contributed by atoms with Gasteiger partial charge in [-0.1, -0.05) is 49.4 Å². The molecule has 1 unspecified atom stereocenters. The number of sulfonamides is 1. The van der Waals surface area contributed by atoms with Gasteiger partial charge in [-0.05, 0) is 51.5 Å². The van der Waals surface area contributed by atoms with E-state index in [-0.39, 0.29) is 17.8 Å². The average Bonchev–Trinajstić information content (AvgIpc) is 2.85. The van der Waals surface area contributed by atoms with E-state index < -0.39 is 36.8 Å². The van der Waals surface area contributed by atoms with E-state index in [1.54, 1.807) is 33.8 Å². The second-order valence-corrected chi connectivity index (χ2v) is 11.7. The van der Waals surface area contributed by atoms with E-state index in [1.165, 1.54) is 0 Å². The van der Waals surface area contributed by atoms with Crippen LogP contribution in [0.4, 0.5) is 4.79 Å². The van der Waals surface area contributed by atoms with Crippen molar-refractivity contribution in [2.24, 2.45) is 17.8 Å². The van der Waals surface area contributed by atoms with Crippen LogP contribution in [0.1, 0.15) is 46.6 Å². The molecule has 0 radical (unpaired) electrons. The van der Waals surface area contributed by atoms with Crippen molar-refractivity contribution in [3.05, 3.63) is 48.0 Å². The lowest BCUT2D eigenvalue weighted by Gasteiger charge is -2.42. The van der Waals surface area contributed by atoms with E-state index in [0.29, 0.717) is 13.2 Å². The molecule has 1 saturated heterocycles. The number of quaternary nitrogens is 1. The van der Waals surface area contributed by atoms with Crippen molar-refractivity contribution in [2.75, 3.05) is 6.61 Å². The molecule has 6 atom stereocenters. The Bertz CT molecular complexity index is 905. The molecule has 0 saturated carbocycles. The van der Waals surface area contributed by atoms with Crippen molar-refractivity contribution in [2.45, 2.75) is 64.5 Å². The minimum atomic E-state index is -4.00. The molecular weight excluding hydrogens is 402 g/mol. The molecule has 166 valence electrons. The maximum atomic E-state index is 13.7. The molecule has 0 spiro atoms. The number of carboxylic acid groups (broad SMARTS) is 1. The maximum absolute atomic E-state index is 13.7. The van der Waals surface area contributed by atoms with E-state index in [9.17, 15) is 18.3 Å². The van der Waals surface area contributed by atoms with Gasteiger partial charge in [0.05, 0.1) is 13.2 Å². The number of carbonyl (C=O) groups is 1. The molecule has 0 aromatic heterocycles. The molecule has 30 heavy (non-hydrogen) atoms. The Morgan fingerprint density at radius 2 is 1.80 bits per heavy atom. The molecule has 6 nitrogen and oxygen atoms in total. The molecule has 1 aliphatic heterocycles. The monoisotopic (exact) mass is 436 g/mol. The molecule has 7 heteroatoms. The van der Waals surface area contributed by atoms with Crippen LogP contribution in [0.25, 0.3) is 0 Å². The Morgan fingerprint density at radius 1 is 1.17 bits per heavy atom. The minimum absolute atomic E-state index is 0.0554. The summed E-state index contributed by atoms with van der Waals surface area (Å²) in [5.41, 5.74) is 0.0674. The Balaban J connectivity index is 1.97. The summed E-state index contributed by atoms with van der Waals surface area (Å²) in [7, 11) is -4.00. The van der Waals surface area contributed by atoms with Gasteiger partial charge in [0.1, 0.15) is 16.8 Å². The van der Waals surface area contributed by atoms with Crippen LogP contribution in [-0.4, -0.2) is 46.9 Å². The zero-order valence-corrected chi connectivity index (χ0v) is 19.3. The molecule has 2 aliphatic rings. The van der Waals surface area contributed by atoms with Crippen LogP contribution in [0, 0.1) is 17.8 Å². The normalized spacial score (nSPS) is 35.2. The lowest BCUT2D eigenvalue weighted by molar-refractivity contribution is -0.806. The van der Waals surface area contributed by atoms with Gasteiger partial charge in [0, 0.05) is 5.92 Å². The highest BCUT2D eigenvalue weighted by Gasteiger charge is 2.73. The summed E-state index contributed by atoms with van der Waals surface area (Å²) in [6, 6.07) is 9.28. The van der Waals surface area contributed by atoms with E-state index in [4.69, 9.17) is 4.74 Å². The molecule has 1 amide bonds. The second-order valence-electron chi connectivity index (χ2n) is 9.53. The van der Waals surface area contributed by atoms with Gasteiger partial charge in [-0.25, -0.2) is 0 Å². The minimum Gasteiger partial charge on any atom is -0.435 e. The Labute approximate surface area is 180 Å². The third-order valence-electron chi connectivity index (χ3n) is 7.02. The summed E-state index contributed by atoms with van der Waals surface area (Å²) < 4.78 is 32.5. The number of nitrogens with zero attached hydrogens (tertiary/aromatic N) is 1. The van der Waals surface area contributed by atoms with Gasteiger partial charge in [0.25, 0.3) is 0 Å². The summed E-state index contributed by atoms with van der Waals surface area (Å²) in [5, 5.41) is 9.41. The fourth-order valence-corrected chi connectivity index (χ4v) is 8.86. The van der Waals surface area contributed by atoms with E-state index in [2.05, 4.69) is 6.92 Å². The molecule has 0 bridgehead atoms. The van der Waals surface area contributed by atoms with Crippen LogP contribution in [-0.2, 0) is 21.4 Å². The van der Waals surface area contributed by atoms with Gasteiger partial charge >= 0.3 is 16.1 Å². The van der Waals surface area contributed by atoms with Gasteiger partial charge in [-0.2, -0.15) is 13.2 Å². The van der Waals surface area contributed by atoms with Crippen LogP contribution in [0.15, 0.2) is 42.5 Å². The van der Waals surface area contributed by atoms with Crippen molar-refractivity contribution in [3.63, 3.8) is 0 Å². The highest BCUT2D eigenvalue weighted by atomic mass is 32.2. The third kappa shape index (κ3) is 3.31. The summed E-state index contributed by atoms with van der Waals surface area (Å²) in [5.74, 6) is -0.204. The largest absolute Gasteiger partial charge is 0.529 e. The van der Waals surface area contributed by atoms with Crippen molar-refractivity contribution in [1.82, 2.24) is 0 Å². The molecule has 1 aromatic rings. The van der Waals surface area contributed by atoms with E-state index in [0.717, 1.165) is 12.0 Å². The number of benzene rings is 1. The summed E-state index contributed by atoms with van der Waals surface area (Å²) >= 11 is 0. The van der Waals surface area contributed by atoms with Gasteiger partial charge in [0.2, 0.25) is 0 Å². The molecule has 1 fully saturated rings. The summed E-state index contributed by atoms with van der Waals surface area (Å²) in [4.78, 5) is 12.5. The molecule has 1 N–H and O–H groups in total. The second kappa shape index (κ2) is 8.09. The van der Waals surface area contributed by atoms with Crippen LogP contribution in [0.5, 0.6) is 0 Å². The van der Waals surface area contributed by atoms with Crippen molar-refractivity contribution in [3.8, 4) is 0 Å². The highest BCUT2D eigenvalue weighted by molar-refractivity contribution is 7.87. The standard InChI is InChI=1S/C23H33NO5S/c1-6-18-12-13-20-21(19(18)15-29-14-17-10-8-7-9-11-17)16(2)24(22(25)26,23(3,4)5)30(20,27)28/h7-13,16,18-21H,6,14-15H2,1-5H3/p+1/t16-,18-,19+,20+,21+,24?/m1/s1.